The number of hydrogen-bond acceptors (Lipinski definition) is 2. The second-order valence-electron chi connectivity index (χ2n) is 13.9. The first-order valence-corrected chi connectivity index (χ1v) is 17.7. The molecule has 1 heterocycles. The number of nitrogens with zero attached hydrogens (tertiary/aromatic N) is 1. The van der Waals surface area contributed by atoms with Crippen LogP contribution in [0.3, 0.4) is 0 Å². The first-order chi connectivity index (χ1) is 22.8. The van der Waals surface area contributed by atoms with Crippen molar-refractivity contribution in [1.82, 2.24) is 0 Å². The molecule has 2 aromatic rings. The van der Waals surface area contributed by atoms with Gasteiger partial charge in [-0.3, -0.25) is 0 Å². The van der Waals surface area contributed by atoms with Crippen molar-refractivity contribution in [3.05, 3.63) is 154 Å². The molecule has 1 saturated heterocycles. The highest BCUT2D eigenvalue weighted by Gasteiger charge is 2.47. The highest BCUT2D eigenvalue weighted by Crippen LogP contribution is 2.52. The summed E-state index contributed by atoms with van der Waals surface area (Å²) < 4.78 is 7.21. The molecule has 6 aliphatic carbocycles. The number of rotatable bonds is 5. The molecular formula is C44H43NO. The lowest BCUT2D eigenvalue weighted by molar-refractivity contribution is 0.153. The molecule has 46 heavy (non-hydrogen) atoms. The summed E-state index contributed by atoms with van der Waals surface area (Å²) in [5.74, 6) is 2.71. The van der Waals surface area contributed by atoms with E-state index in [2.05, 4.69) is 120 Å². The molecule has 4 unspecified atom stereocenters. The first-order valence-electron chi connectivity index (χ1n) is 17.7. The van der Waals surface area contributed by atoms with Gasteiger partial charge in [-0.2, -0.15) is 0 Å². The van der Waals surface area contributed by atoms with Crippen LogP contribution < -0.4 is 4.90 Å². The lowest BCUT2D eigenvalue weighted by Gasteiger charge is -2.33. The van der Waals surface area contributed by atoms with Gasteiger partial charge in [-0.15, -0.1) is 0 Å². The van der Waals surface area contributed by atoms with Gasteiger partial charge < -0.3 is 9.64 Å². The molecule has 2 heteroatoms. The molecule has 0 saturated carbocycles. The number of hydrogen-bond donors (Lipinski definition) is 0. The molecule has 4 atom stereocenters. The second kappa shape index (κ2) is 11.8. The lowest BCUT2D eigenvalue weighted by Crippen LogP contribution is -2.27. The Labute approximate surface area is 274 Å². The maximum atomic E-state index is 7.21. The van der Waals surface area contributed by atoms with Gasteiger partial charge in [-0.05, 0) is 122 Å². The van der Waals surface area contributed by atoms with E-state index in [-0.39, 0.29) is 6.10 Å². The van der Waals surface area contributed by atoms with Gasteiger partial charge in [0.15, 0.2) is 0 Å². The molecule has 1 fully saturated rings. The molecule has 9 rings (SSSR count). The number of fused-ring (bicyclic) bond motifs is 5. The minimum atomic E-state index is 0.155. The molecule has 0 amide bonds. The average Bonchev–Trinajstić information content (AvgIpc) is 3.52. The van der Waals surface area contributed by atoms with E-state index in [0.29, 0.717) is 17.8 Å². The van der Waals surface area contributed by atoms with E-state index in [9.17, 15) is 0 Å². The normalized spacial score (nSPS) is 27.4. The van der Waals surface area contributed by atoms with Gasteiger partial charge in [0, 0.05) is 23.4 Å². The number of allylic oxidation sites excluding steroid dienone is 14. The van der Waals surface area contributed by atoms with Crippen molar-refractivity contribution < 1.29 is 4.74 Å². The quantitative estimate of drug-likeness (QED) is 0.316. The van der Waals surface area contributed by atoms with E-state index < -0.39 is 0 Å². The largest absolute Gasteiger partial charge is 0.487 e. The van der Waals surface area contributed by atoms with Crippen molar-refractivity contribution >= 4 is 23.0 Å². The zero-order chi connectivity index (χ0) is 30.5. The van der Waals surface area contributed by atoms with Crippen LogP contribution in [-0.2, 0) is 11.2 Å². The minimum Gasteiger partial charge on any atom is -0.487 e. The average molecular weight is 602 g/mol. The van der Waals surface area contributed by atoms with Crippen LogP contribution in [0, 0.1) is 17.8 Å². The SMILES string of the molecule is C1=CCCC(C2=CCCC3C4CC=CC(N(c5ccc(C6=C7CCC=CC7CC=C6)cc5)c5cccc6c5CCC=C6)=C4OC23)=C1. The van der Waals surface area contributed by atoms with Gasteiger partial charge in [-0.1, -0.05) is 96.7 Å². The summed E-state index contributed by atoms with van der Waals surface area (Å²) in [4.78, 5) is 2.53. The van der Waals surface area contributed by atoms with Gasteiger partial charge in [0.05, 0.1) is 11.4 Å². The highest BCUT2D eigenvalue weighted by atomic mass is 16.5. The van der Waals surface area contributed by atoms with Crippen molar-refractivity contribution in [2.75, 3.05) is 4.90 Å². The van der Waals surface area contributed by atoms with E-state index in [1.165, 1.54) is 69.1 Å². The second-order valence-corrected chi connectivity index (χ2v) is 13.9. The van der Waals surface area contributed by atoms with Crippen molar-refractivity contribution in [3.63, 3.8) is 0 Å². The Kier molecular flexibility index (Phi) is 7.18. The van der Waals surface area contributed by atoms with Crippen LogP contribution in [0.15, 0.2) is 137 Å². The summed E-state index contributed by atoms with van der Waals surface area (Å²) in [5, 5.41) is 0. The molecule has 0 bridgehead atoms. The predicted octanol–water partition coefficient (Wildman–Crippen LogP) is 11.3. The van der Waals surface area contributed by atoms with Crippen molar-refractivity contribution in [3.8, 4) is 0 Å². The molecule has 0 radical (unpaired) electrons. The van der Waals surface area contributed by atoms with E-state index in [0.717, 1.165) is 51.4 Å². The van der Waals surface area contributed by atoms with Crippen LogP contribution in [-0.4, -0.2) is 6.10 Å². The van der Waals surface area contributed by atoms with Crippen LogP contribution >= 0.6 is 0 Å². The zero-order valence-corrected chi connectivity index (χ0v) is 26.7. The fourth-order valence-corrected chi connectivity index (χ4v) is 9.14. The fraction of sp³-hybridized carbons (Fsp3) is 0.318. The van der Waals surface area contributed by atoms with Crippen molar-refractivity contribution in [2.24, 2.45) is 17.8 Å². The molecule has 7 aliphatic rings. The number of anilines is 2. The Morgan fingerprint density at radius 2 is 1.65 bits per heavy atom. The summed E-state index contributed by atoms with van der Waals surface area (Å²) in [6.07, 6.45) is 39.7. The zero-order valence-electron chi connectivity index (χ0n) is 26.7. The summed E-state index contributed by atoms with van der Waals surface area (Å²) in [6, 6.07) is 16.3. The van der Waals surface area contributed by atoms with Crippen LogP contribution in [0.1, 0.15) is 74.5 Å². The van der Waals surface area contributed by atoms with Crippen LogP contribution in [0.25, 0.3) is 11.6 Å². The summed E-state index contributed by atoms with van der Waals surface area (Å²) >= 11 is 0. The van der Waals surface area contributed by atoms with Gasteiger partial charge in [0.1, 0.15) is 11.9 Å². The van der Waals surface area contributed by atoms with Crippen LogP contribution in [0.5, 0.6) is 0 Å². The van der Waals surface area contributed by atoms with Gasteiger partial charge >= 0.3 is 0 Å². The van der Waals surface area contributed by atoms with Crippen molar-refractivity contribution in [1.29, 1.82) is 0 Å². The monoisotopic (exact) mass is 601 g/mol. The Balaban J connectivity index is 1.15. The Morgan fingerprint density at radius 3 is 2.57 bits per heavy atom. The Morgan fingerprint density at radius 1 is 0.761 bits per heavy atom. The molecule has 0 N–H and O–H groups in total. The summed E-state index contributed by atoms with van der Waals surface area (Å²) in [6.45, 7) is 0. The van der Waals surface area contributed by atoms with Crippen molar-refractivity contribution in [2.45, 2.75) is 70.3 Å². The molecule has 2 aromatic carbocycles. The van der Waals surface area contributed by atoms with E-state index in [1.54, 1.807) is 5.57 Å². The third kappa shape index (κ3) is 4.77. The molecule has 0 aromatic heterocycles. The maximum Gasteiger partial charge on any atom is 0.127 e. The van der Waals surface area contributed by atoms with E-state index in [1.807, 2.05) is 0 Å². The maximum absolute atomic E-state index is 7.21. The van der Waals surface area contributed by atoms with Gasteiger partial charge in [0.25, 0.3) is 0 Å². The van der Waals surface area contributed by atoms with Gasteiger partial charge in [0.2, 0.25) is 0 Å². The van der Waals surface area contributed by atoms with Crippen LogP contribution in [0.2, 0.25) is 0 Å². The highest BCUT2D eigenvalue weighted by molar-refractivity contribution is 5.82. The van der Waals surface area contributed by atoms with E-state index in [4.69, 9.17) is 4.74 Å². The summed E-state index contributed by atoms with van der Waals surface area (Å²) in [7, 11) is 0. The predicted molar refractivity (Wildman–Crippen MR) is 191 cm³/mol. The Bertz CT molecular complexity index is 1830. The molecule has 230 valence electrons. The smallest absolute Gasteiger partial charge is 0.127 e. The standard InChI is InChI=1S/C44H43NO/c1-2-12-32(13-3-1)38-21-10-22-39-40-23-11-25-42(44(40)46-43(38)39)45(41-24-9-17-31-15-5-7-19-37(31)41)34-28-26-33(27-29-34)36-20-8-16-30-14-4-6-18-35(30)36/h1-2,4-5,8-9,11-12,14-15,17,20-21,24-30,39-40,43H,3,6-7,10,13,16,18-19,22-23H2. The Hall–Kier alpha value is -4.30. The van der Waals surface area contributed by atoms with E-state index >= 15 is 0 Å². The lowest BCUT2D eigenvalue weighted by atomic mass is 9.74. The first kappa shape index (κ1) is 28.0. The molecule has 1 aliphatic heterocycles. The topological polar surface area (TPSA) is 12.5 Å². The third-order valence-corrected chi connectivity index (χ3v) is 11.4. The fourth-order valence-electron chi connectivity index (χ4n) is 9.14. The minimum absolute atomic E-state index is 0.155. The summed E-state index contributed by atoms with van der Waals surface area (Å²) in [5.41, 5.74) is 13.8. The van der Waals surface area contributed by atoms with Gasteiger partial charge in [-0.25, -0.2) is 0 Å². The molecular weight excluding hydrogens is 558 g/mol. The number of benzene rings is 2. The van der Waals surface area contributed by atoms with Crippen LogP contribution in [0.4, 0.5) is 11.4 Å². The molecule has 2 nitrogen and oxygen atoms in total. The third-order valence-electron chi connectivity index (χ3n) is 11.4. The number of ether oxygens (including phenoxy) is 1. The molecule has 0 spiro atoms.